The molecule has 0 N–H and O–H groups in total. The van der Waals surface area contributed by atoms with Crippen molar-refractivity contribution in [3.05, 3.63) is 25.3 Å². The number of rotatable bonds is 5. The van der Waals surface area contributed by atoms with Gasteiger partial charge in [-0.15, -0.1) is 11.6 Å². The second kappa shape index (κ2) is 6.75. The molecule has 0 radical (unpaired) electrons. The molecule has 0 aromatic heterocycles. The molecule has 7 heteroatoms. The van der Waals surface area contributed by atoms with Crippen LogP contribution in [-0.2, 0) is 28.4 Å². The zero-order valence-electron chi connectivity index (χ0n) is 11.6. The lowest BCUT2D eigenvalue weighted by molar-refractivity contribution is -0.334. The third kappa shape index (κ3) is 3.03. The van der Waals surface area contributed by atoms with Crippen LogP contribution >= 0.6 is 11.6 Å². The topological polar surface area (TPSA) is 55.4 Å². The molecular formula is C14H19ClO6. The first kappa shape index (κ1) is 15.4. The Bertz CT molecular complexity index is 392. The summed E-state index contributed by atoms with van der Waals surface area (Å²) in [5.41, 5.74) is 0. The number of hydrogen-bond donors (Lipinski definition) is 0. The molecule has 3 heterocycles. The van der Waals surface area contributed by atoms with Crippen LogP contribution in [0.25, 0.3) is 0 Å². The van der Waals surface area contributed by atoms with Crippen molar-refractivity contribution in [2.45, 2.75) is 43.3 Å². The SMILES string of the molecule is C=C[C@@H]1O[C@@H]2[C@H](O1)[C@@H](OCCCl)O[C@@H]1CO[C@@H](C=C)O[C@@H]21. The molecule has 0 saturated carbocycles. The van der Waals surface area contributed by atoms with E-state index in [0.29, 0.717) is 19.1 Å². The van der Waals surface area contributed by atoms with Gasteiger partial charge in [-0.2, -0.15) is 0 Å². The zero-order valence-corrected chi connectivity index (χ0v) is 12.3. The van der Waals surface area contributed by atoms with Crippen LogP contribution in [-0.4, -0.2) is 62.4 Å². The van der Waals surface area contributed by atoms with Gasteiger partial charge in [0, 0.05) is 5.88 Å². The summed E-state index contributed by atoms with van der Waals surface area (Å²) in [6, 6.07) is 0. The lowest BCUT2D eigenvalue weighted by Gasteiger charge is -2.45. The van der Waals surface area contributed by atoms with Gasteiger partial charge >= 0.3 is 0 Å². The monoisotopic (exact) mass is 318 g/mol. The largest absolute Gasteiger partial charge is 0.349 e. The average Bonchev–Trinajstić information content (AvgIpc) is 2.97. The Morgan fingerprint density at radius 1 is 1.00 bits per heavy atom. The second-order valence-electron chi connectivity index (χ2n) is 4.95. The Morgan fingerprint density at radius 2 is 1.71 bits per heavy atom. The van der Waals surface area contributed by atoms with E-state index >= 15 is 0 Å². The molecule has 3 rings (SSSR count). The molecular weight excluding hydrogens is 300 g/mol. The number of hydrogen-bond acceptors (Lipinski definition) is 6. The fourth-order valence-corrected chi connectivity index (χ4v) is 2.82. The predicted octanol–water partition coefficient (Wildman–Crippen LogP) is 1.19. The van der Waals surface area contributed by atoms with Crippen LogP contribution in [0, 0.1) is 0 Å². The summed E-state index contributed by atoms with van der Waals surface area (Å²) in [6.45, 7) is 8.11. The van der Waals surface area contributed by atoms with Crippen molar-refractivity contribution in [2.24, 2.45) is 0 Å². The molecule has 0 bridgehead atoms. The maximum absolute atomic E-state index is 5.89. The van der Waals surface area contributed by atoms with E-state index in [1.54, 1.807) is 12.2 Å². The van der Waals surface area contributed by atoms with E-state index in [4.69, 9.17) is 40.0 Å². The van der Waals surface area contributed by atoms with Gasteiger partial charge in [-0.25, -0.2) is 0 Å². The van der Waals surface area contributed by atoms with Crippen LogP contribution < -0.4 is 0 Å². The molecule has 7 atom stereocenters. The number of halogens is 1. The standard InChI is InChI=1S/C14H19ClO6/c1-3-9-17-7-8-11(19-9)12-13(21-10(4-2)20-12)14(18-8)16-6-5-15/h3-4,8-14H,1-2,5-7H2/t8-,9-,10-,11-,12+,13+,14+/m1/s1. The fourth-order valence-electron chi connectivity index (χ4n) is 2.73. The predicted molar refractivity (Wildman–Crippen MR) is 73.9 cm³/mol. The highest BCUT2D eigenvalue weighted by molar-refractivity contribution is 6.17. The first-order chi connectivity index (χ1) is 10.3. The van der Waals surface area contributed by atoms with Gasteiger partial charge in [-0.05, 0) is 12.2 Å². The van der Waals surface area contributed by atoms with E-state index in [9.17, 15) is 0 Å². The van der Waals surface area contributed by atoms with Crippen LogP contribution in [0.5, 0.6) is 0 Å². The van der Waals surface area contributed by atoms with Crippen molar-refractivity contribution in [1.29, 1.82) is 0 Å². The Hall–Kier alpha value is -0.470. The summed E-state index contributed by atoms with van der Waals surface area (Å²) in [4.78, 5) is 0. The summed E-state index contributed by atoms with van der Waals surface area (Å²) in [6.07, 6.45) is 0.382. The van der Waals surface area contributed by atoms with Gasteiger partial charge in [0.05, 0.1) is 13.2 Å². The van der Waals surface area contributed by atoms with Crippen LogP contribution in [0.1, 0.15) is 0 Å². The molecule has 3 aliphatic heterocycles. The Balaban J connectivity index is 1.76. The Kier molecular flexibility index (Phi) is 4.96. The molecule has 0 aliphatic carbocycles. The van der Waals surface area contributed by atoms with E-state index < -0.39 is 18.9 Å². The van der Waals surface area contributed by atoms with Crippen molar-refractivity contribution in [1.82, 2.24) is 0 Å². The highest BCUT2D eigenvalue weighted by Gasteiger charge is 2.55. The quantitative estimate of drug-likeness (QED) is 0.561. The normalized spacial score (nSPS) is 45.7. The highest BCUT2D eigenvalue weighted by atomic mass is 35.5. The zero-order chi connectivity index (χ0) is 14.8. The number of fused-ring (bicyclic) bond motifs is 3. The van der Waals surface area contributed by atoms with E-state index in [1.165, 1.54) is 0 Å². The van der Waals surface area contributed by atoms with Crippen molar-refractivity contribution in [3.8, 4) is 0 Å². The van der Waals surface area contributed by atoms with Crippen molar-refractivity contribution in [3.63, 3.8) is 0 Å². The minimum absolute atomic E-state index is 0.282. The third-order valence-corrected chi connectivity index (χ3v) is 3.79. The Morgan fingerprint density at radius 3 is 2.43 bits per heavy atom. The summed E-state index contributed by atoms with van der Waals surface area (Å²) < 4.78 is 34.4. The molecule has 0 spiro atoms. The lowest BCUT2D eigenvalue weighted by atomic mass is 9.98. The Labute approximate surface area is 128 Å². The first-order valence-corrected chi connectivity index (χ1v) is 7.46. The van der Waals surface area contributed by atoms with Crippen molar-refractivity contribution in [2.75, 3.05) is 19.1 Å². The summed E-state index contributed by atoms with van der Waals surface area (Å²) in [5, 5.41) is 0. The fraction of sp³-hybridized carbons (Fsp3) is 0.714. The van der Waals surface area contributed by atoms with Crippen LogP contribution in [0.15, 0.2) is 25.3 Å². The molecule has 3 fully saturated rings. The van der Waals surface area contributed by atoms with Gasteiger partial charge in [0.15, 0.2) is 18.9 Å². The van der Waals surface area contributed by atoms with Crippen LogP contribution in [0.4, 0.5) is 0 Å². The van der Waals surface area contributed by atoms with E-state index in [0.717, 1.165) is 0 Å². The van der Waals surface area contributed by atoms with E-state index in [-0.39, 0.29) is 24.4 Å². The van der Waals surface area contributed by atoms with Crippen molar-refractivity contribution < 1.29 is 28.4 Å². The molecule has 3 saturated heterocycles. The van der Waals surface area contributed by atoms with Gasteiger partial charge < -0.3 is 28.4 Å². The van der Waals surface area contributed by atoms with Gasteiger partial charge in [-0.1, -0.05) is 13.2 Å². The molecule has 0 unspecified atom stereocenters. The van der Waals surface area contributed by atoms with Gasteiger partial charge in [-0.3, -0.25) is 0 Å². The molecule has 0 aromatic rings. The van der Waals surface area contributed by atoms with Gasteiger partial charge in [0.25, 0.3) is 0 Å². The van der Waals surface area contributed by atoms with Gasteiger partial charge in [0.2, 0.25) is 0 Å². The molecule has 21 heavy (non-hydrogen) atoms. The maximum atomic E-state index is 5.89. The first-order valence-electron chi connectivity index (χ1n) is 6.93. The third-order valence-electron chi connectivity index (χ3n) is 3.63. The average molecular weight is 319 g/mol. The maximum Gasteiger partial charge on any atom is 0.187 e. The molecule has 0 aromatic carbocycles. The summed E-state index contributed by atoms with van der Waals surface area (Å²) in [5.74, 6) is 0.378. The van der Waals surface area contributed by atoms with Crippen LogP contribution in [0.2, 0.25) is 0 Å². The lowest BCUT2D eigenvalue weighted by Crippen LogP contribution is -2.62. The summed E-state index contributed by atoms with van der Waals surface area (Å²) >= 11 is 5.67. The molecule has 6 nitrogen and oxygen atoms in total. The van der Waals surface area contributed by atoms with Crippen molar-refractivity contribution >= 4 is 11.6 Å². The second-order valence-corrected chi connectivity index (χ2v) is 5.32. The number of alkyl halides is 1. The minimum Gasteiger partial charge on any atom is -0.349 e. The minimum atomic E-state index is -0.563. The molecule has 0 amide bonds. The number of ether oxygens (including phenoxy) is 6. The molecule has 3 aliphatic rings. The van der Waals surface area contributed by atoms with E-state index in [2.05, 4.69) is 13.2 Å². The van der Waals surface area contributed by atoms with E-state index in [1.807, 2.05) is 0 Å². The molecule has 118 valence electrons. The van der Waals surface area contributed by atoms with Gasteiger partial charge in [0.1, 0.15) is 24.4 Å². The highest BCUT2D eigenvalue weighted by Crippen LogP contribution is 2.37. The van der Waals surface area contributed by atoms with Crippen LogP contribution in [0.3, 0.4) is 0 Å². The summed E-state index contributed by atoms with van der Waals surface area (Å²) in [7, 11) is 0. The smallest absolute Gasteiger partial charge is 0.187 e.